The summed E-state index contributed by atoms with van der Waals surface area (Å²) in [5.74, 6) is 1.82. The van der Waals surface area contributed by atoms with Crippen molar-refractivity contribution in [2.75, 3.05) is 12.8 Å². The van der Waals surface area contributed by atoms with Crippen molar-refractivity contribution in [2.45, 2.75) is 21.8 Å². The highest BCUT2D eigenvalue weighted by atomic mass is 32.2. The summed E-state index contributed by atoms with van der Waals surface area (Å²) in [6.45, 7) is 0.666. The average Bonchev–Trinajstić information content (AvgIpc) is 3.34. The molecule has 0 spiro atoms. The lowest BCUT2D eigenvalue weighted by Gasteiger charge is -2.10. The van der Waals surface area contributed by atoms with Crippen LogP contribution in [0, 0.1) is 0 Å². The van der Waals surface area contributed by atoms with Crippen LogP contribution in [0.25, 0.3) is 10.2 Å². The molecule has 2 heterocycles. The van der Waals surface area contributed by atoms with E-state index in [0.29, 0.717) is 18.1 Å². The number of nitrogens with zero attached hydrogens (tertiary/aromatic N) is 4. The number of thioether (sulfide) groups is 2. The van der Waals surface area contributed by atoms with Gasteiger partial charge >= 0.3 is 0 Å². The van der Waals surface area contributed by atoms with Gasteiger partial charge in [0, 0.05) is 7.05 Å². The number of nitrogens with one attached hydrogen (secondary N) is 1. The molecule has 0 aliphatic rings. The van der Waals surface area contributed by atoms with Crippen LogP contribution >= 0.6 is 34.9 Å². The first-order chi connectivity index (χ1) is 14.2. The Labute approximate surface area is 181 Å². The van der Waals surface area contributed by atoms with Gasteiger partial charge in [0.15, 0.2) is 9.50 Å². The second kappa shape index (κ2) is 9.43. The fourth-order valence-corrected chi connectivity index (χ4v) is 5.54. The Bertz CT molecular complexity index is 1080. The molecule has 1 N–H and O–H groups in total. The Morgan fingerprint density at radius 1 is 1.07 bits per heavy atom. The Kier molecular flexibility index (Phi) is 6.48. The number of para-hydroxylation sites is 1. The molecule has 0 aliphatic heterocycles. The van der Waals surface area contributed by atoms with Crippen LogP contribution in [-0.4, -0.2) is 38.5 Å². The molecule has 0 bridgehead atoms. The van der Waals surface area contributed by atoms with Crippen molar-refractivity contribution in [2.24, 2.45) is 0 Å². The first-order valence-corrected chi connectivity index (χ1v) is 11.8. The summed E-state index contributed by atoms with van der Waals surface area (Å²) in [5.41, 5.74) is 2.19. The predicted octanol–water partition coefficient (Wildman–Crippen LogP) is 4.07. The fourth-order valence-electron chi connectivity index (χ4n) is 2.70. The molecule has 148 valence electrons. The van der Waals surface area contributed by atoms with Gasteiger partial charge in [0.25, 0.3) is 0 Å². The van der Waals surface area contributed by atoms with Crippen LogP contribution in [0.4, 0.5) is 0 Å². The quantitative estimate of drug-likeness (QED) is 0.416. The van der Waals surface area contributed by atoms with E-state index in [4.69, 9.17) is 0 Å². The highest BCUT2D eigenvalue weighted by molar-refractivity contribution is 8.00. The molecule has 0 radical (unpaired) electrons. The van der Waals surface area contributed by atoms with Crippen LogP contribution in [0.1, 0.15) is 11.4 Å². The van der Waals surface area contributed by atoms with Crippen molar-refractivity contribution in [3.63, 3.8) is 0 Å². The van der Waals surface area contributed by atoms with Gasteiger partial charge in [-0.2, -0.15) is 0 Å². The van der Waals surface area contributed by atoms with Gasteiger partial charge < -0.3 is 9.88 Å². The van der Waals surface area contributed by atoms with Crippen LogP contribution in [0.5, 0.6) is 0 Å². The van der Waals surface area contributed by atoms with E-state index in [1.165, 1.54) is 22.0 Å². The Hall–Kier alpha value is -2.36. The van der Waals surface area contributed by atoms with Gasteiger partial charge in [-0.05, 0) is 17.7 Å². The molecule has 29 heavy (non-hydrogen) atoms. The van der Waals surface area contributed by atoms with E-state index in [0.717, 1.165) is 20.8 Å². The molecule has 2 aromatic carbocycles. The third-order valence-electron chi connectivity index (χ3n) is 4.19. The van der Waals surface area contributed by atoms with E-state index >= 15 is 0 Å². The second-order valence-electron chi connectivity index (χ2n) is 6.17. The molecule has 2 aromatic heterocycles. The van der Waals surface area contributed by atoms with Crippen molar-refractivity contribution in [1.29, 1.82) is 0 Å². The molecule has 1 amide bonds. The summed E-state index contributed by atoms with van der Waals surface area (Å²) < 4.78 is 4.28. The number of fused-ring (bicyclic) bond motifs is 1. The molecule has 4 rings (SSSR count). The zero-order valence-electron chi connectivity index (χ0n) is 15.7. The van der Waals surface area contributed by atoms with E-state index in [1.54, 1.807) is 30.1 Å². The van der Waals surface area contributed by atoms with Crippen molar-refractivity contribution >= 4 is 51.0 Å². The first kappa shape index (κ1) is 19.9. The van der Waals surface area contributed by atoms with Crippen molar-refractivity contribution in [3.8, 4) is 0 Å². The van der Waals surface area contributed by atoms with Gasteiger partial charge in [-0.25, -0.2) is 4.98 Å². The molecule has 0 atom stereocenters. The number of hydrogen-bond donors (Lipinski definition) is 1. The van der Waals surface area contributed by atoms with E-state index in [-0.39, 0.29) is 5.91 Å². The molecule has 4 aromatic rings. The minimum absolute atomic E-state index is 0.0327. The van der Waals surface area contributed by atoms with Crippen molar-refractivity contribution < 1.29 is 4.79 Å². The van der Waals surface area contributed by atoms with Crippen LogP contribution < -0.4 is 5.32 Å². The van der Waals surface area contributed by atoms with Gasteiger partial charge in [-0.1, -0.05) is 66.0 Å². The van der Waals surface area contributed by atoms with Gasteiger partial charge in [-0.15, -0.1) is 21.5 Å². The molecule has 0 aliphatic carbocycles. The fraction of sp³-hybridized carbons (Fsp3) is 0.200. The number of thiazole rings is 1. The zero-order chi connectivity index (χ0) is 20.1. The van der Waals surface area contributed by atoms with Crippen molar-refractivity contribution in [1.82, 2.24) is 25.1 Å². The van der Waals surface area contributed by atoms with Gasteiger partial charge in [0.1, 0.15) is 5.82 Å². The highest BCUT2D eigenvalue weighted by Gasteiger charge is 2.15. The molecule has 6 nitrogen and oxygen atoms in total. The lowest BCUT2D eigenvalue weighted by molar-refractivity contribution is -0.118. The lowest BCUT2D eigenvalue weighted by atomic mass is 10.2. The zero-order valence-corrected chi connectivity index (χ0v) is 18.2. The maximum atomic E-state index is 11.7. The number of hydrogen-bond acceptors (Lipinski definition) is 7. The smallest absolute Gasteiger partial charge is 0.230 e. The van der Waals surface area contributed by atoms with Crippen LogP contribution in [-0.2, 0) is 17.1 Å². The molecular formula is C20H19N5OS3. The van der Waals surface area contributed by atoms with Gasteiger partial charge in [-0.3, -0.25) is 4.79 Å². The summed E-state index contributed by atoms with van der Waals surface area (Å²) in [4.78, 5) is 16.3. The van der Waals surface area contributed by atoms with Crippen LogP contribution in [0.2, 0.25) is 0 Å². The summed E-state index contributed by atoms with van der Waals surface area (Å²) in [6, 6.07) is 18.4. The highest BCUT2D eigenvalue weighted by Crippen LogP contribution is 2.31. The maximum Gasteiger partial charge on any atom is 0.230 e. The lowest BCUT2D eigenvalue weighted by Crippen LogP contribution is -2.20. The van der Waals surface area contributed by atoms with E-state index < -0.39 is 0 Å². The summed E-state index contributed by atoms with van der Waals surface area (Å²) in [7, 11) is 1.64. The Morgan fingerprint density at radius 2 is 1.86 bits per heavy atom. The van der Waals surface area contributed by atoms with Gasteiger partial charge in [0.05, 0.1) is 28.3 Å². The maximum absolute atomic E-state index is 11.7. The molecule has 0 saturated carbocycles. The molecule has 0 fully saturated rings. The third-order valence-corrected chi connectivity index (χ3v) is 7.33. The van der Waals surface area contributed by atoms with Crippen molar-refractivity contribution in [3.05, 3.63) is 66.0 Å². The van der Waals surface area contributed by atoms with E-state index in [9.17, 15) is 4.79 Å². The summed E-state index contributed by atoms with van der Waals surface area (Å²) in [5, 5.41) is 12.1. The molecule has 0 saturated heterocycles. The Morgan fingerprint density at radius 3 is 2.66 bits per heavy atom. The van der Waals surface area contributed by atoms with Crippen LogP contribution in [0.15, 0.2) is 64.1 Å². The van der Waals surface area contributed by atoms with E-state index in [2.05, 4.69) is 43.3 Å². The minimum Gasteiger partial charge on any atom is -0.358 e. The van der Waals surface area contributed by atoms with Gasteiger partial charge in [0.2, 0.25) is 5.91 Å². The van der Waals surface area contributed by atoms with Crippen LogP contribution in [0.3, 0.4) is 0 Å². The summed E-state index contributed by atoms with van der Waals surface area (Å²) in [6.07, 6.45) is 0. The number of carbonyl (C=O) groups excluding carboxylic acids is 1. The predicted molar refractivity (Wildman–Crippen MR) is 120 cm³/mol. The Balaban J connectivity index is 1.54. The third kappa shape index (κ3) is 4.98. The number of carbonyl (C=O) groups is 1. The summed E-state index contributed by atoms with van der Waals surface area (Å²) >= 11 is 4.75. The number of benzene rings is 2. The SMILES string of the molecule is CNC(=O)CSc1nnc(CSc2nc3ccccc3s2)n1Cc1ccccc1. The topological polar surface area (TPSA) is 72.7 Å². The number of rotatable bonds is 8. The average molecular weight is 442 g/mol. The second-order valence-corrected chi connectivity index (χ2v) is 9.36. The number of aromatic nitrogens is 4. The standard InChI is InChI=1S/C20H19N5OS3/c1-21-18(26)13-27-19-24-23-17(25(19)11-14-7-3-2-4-8-14)12-28-20-22-15-9-5-6-10-16(15)29-20/h2-10H,11-13H2,1H3,(H,21,26). The normalized spacial score (nSPS) is 11.1. The largest absolute Gasteiger partial charge is 0.358 e. The number of amides is 1. The first-order valence-electron chi connectivity index (χ1n) is 9.00. The molecule has 9 heteroatoms. The van der Waals surface area contributed by atoms with E-state index in [1.807, 2.05) is 36.4 Å². The minimum atomic E-state index is -0.0327. The monoisotopic (exact) mass is 441 g/mol. The molecular weight excluding hydrogens is 422 g/mol. The molecule has 0 unspecified atom stereocenters.